The second kappa shape index (κ2) is 10.9. The van der Waals surface area contributed by atoms with Crippen molar-refractivity contribution in [2.75, 3.05) is 5.32 Å². The highest BCUT2D eigenvalue weighted by atomic mass is 79.9. The fourth-order valence-electron chi connectivity index (χ4n) is 3.79. The maximum atomic E-state index is 12.6. The fourth-order valence-corrected chi connectivity index (χ4v) is 4.06. The van der Waals surface area contributed by atoms with Crippen LogP contribution in [0.25, 0.3) is 11.8 Å². The van der Waals surface area contributed by atoms with Crippen molar-refractivity contribution in [3.8, 4) is 17.5 Å². The number of para-hydroxylation sites is 1. The summed E-state index contributed by atoms with van der Waals surface area (Å²) >= 11 is 3.44. The van der Waals surface area contributed by atoms with E-state index in [4.69, 9.17) is 4.74 Å². The topological polar surface area (TPSA) is 67.0 Å². The summed E-state index contributed by atoms with van der Waals surface area (Å²) in [5, 5.41) is 12.4. The van der Waals surface area contributed by atoms with Crippen LogP contribution in [0.5, 0.6) is 5.75 Å². The number of ether oxygens (including phenoxy) is 1. The van der Waals surface area contributed by atoms with Gasteiger partial charge in [0.05, 0.1) is 0 Å². The zero-order valence-electron chi connectivity index (χ0n) is 19.5. The number of hydrogen-bond donors (Lipinski definition) is 1. The van der Waals surface area contributed by atoms with Crippen molar-refractivity contribution in [1.82, 2.24) is 4.57 Å². The summed E-state index contributed by atoms with van der Waals surface area (Å²) < 4.78 is 9.05. The molecule has 0 spiro atoms. The highest BCUT2D eigenvalue weighted by molar-refractivity contribution is 9.10. The number of benzene rings is 3. The van der Waals surface area contributed by atoms with Crippen molar-refractivity contribution in [3.05, 3.63) is 117 Å². The number of nitriles is 1. The van der Waals surface area contributed by atoms with Crippen LogP contribution in [0.2, 0.25) is 0 Å². The van der Waals surface area contributed by atoms with Gasteiger partial charge < -0.3 is 14.6 Å². The van der Waals surface area contributed by atoms with Crippen LogP contribution in [0.15, 0.2) is 95.0 Å². The fraction of sp³-hybridized carbons (Fsp3) is 0.103. The zero-order chi connectivity index (χ0) is 24.8. The molecule has 0 fully saturated rings. The molecule has 4 aromatic rings. The summed E-state index contributed by atoms with van der Waals surface area (Å²) in [4.78, 5) is 12.6. The molecule has 0 aliphatic carbocycles. The van der Waals surface area contributed by atoms with Crippen LogP contribution < -0.4 is 10.1 Å². The quantitative estimate of drug-likeness (QED) is 0.209. The molecule has 3 aromatic carbocycles. The second-order valence-corrected chi connectivity index (χ2v) is 8.98. The normalized spacial score (nSPS) is 11.1. The van der Waals surface area contributed by atoms with E-state index in [-0.39, 0.29) is 5.57 Å². The summed E-state index contributed by atoms with van der Waals surface area (Å²) in [5.41, 5.74) is 5.51. The van der Waals surface area contributed by atoms with Crippen molar-refractivity contribution < 1.29 is 9.53 Å². The molecule has 1 N–H and O–H groups in total. The van der Waals surface area contributed by atoms with E-state index in [2.05, 4.69) is 25.8 Å². The lowest BCUT2D eigenvalue weighted by Crippen LogP contribution is -2.13. The van der Waals surface area contributed by atoms with Gasteiger partial charge in [-0.15, -0.1) is 0 Å². The third-order valence-corrected chi connectivity index (χ3v) is 6.11. The zero-order valence-corrected chi connectivity index (χ0v) is 21.0. The van der Waals surface area contributed by atoms with Crippen molar-refractivity contribution in [2.24, 2.45) is 0 Å². The number of nitrogens with one attached hydrogen (secondary N) is 1. The molecular formula is C29H24BrN3O2. The molecule has 0 unspecified atom stereocenters. The van der Waals surface area contributed by atoms with E-state index in [1.54, 1.807) is 18.2 Å². The van der Waals surface area contributed by atoms with Gasteiger partial charge in [0.1, 0.15) is 24.0 Å². The van der Waals surface area contributed by atoms with Gasteiger partial charge in [0.15, 0.2) is 0 Å². The van der Waals surface area contributed by atoms with Gasteiger partial charge in [-0.05, 0) is 85.6 Å². The molecule has 0 aliphatic rings. The molecule has 0 aliphatic heterocycles. The van der Waals surface area contributed by atoms with E-state index < -0.39 is 5.91 Å². The first-order valence-corrected chi connectivity index (χ1v) is 11.9. The highest BCUT2D eigenvalue weighted by Crippen LogP contribution is 2.25. The van der Waals surface area contributed by atoms with Gasteiger partial charge in [-0.3, -0.25) is 4.79 Å². The van der Waals surface area contributed by atoms with Crippen LogP contribution in [-0.2, 0) is 11.4 Å². The number of aryl methyl sites for hydroxylation is 1. The Hall–Kier alpha value is -4.08. The maximum Gasteiger partial charge on any atom is 0.266 e. The molecule has 174 valence electrons. The van der Waals surface area contributed by atoms with E-state index in [0.717, 1.165) is 38.4 Å². The molecule has 0 saturated heterocycles. The highest BCUT2D eigenvalue weighted by Gasteiger charge is 2.14. The molecule has 0 radical (unpaired) electrons. The van der Waals surface area contributed by atoms with Crippen LogP contribution in [0.4, 0.5) is 5.69 Å². The number of rotatable bonds is 7. The van der Waals surface area contributed by atoms with Crippen molar-refractivity contribution in [1.29, 1.82) is 5.26 Å². The third kappa shape index (κ3) is 5.89. The molecular weight excluding hydrogens is 502 g/mol. The largest absolute Gasteiger partial charge is 0.489 e. The Morgan fingerprint density at radius 1 is 1.03 bits per heavy atom. The molecule has 0 saturated carbocycles. The average Bonchev–Trinajstić information content (AvgIpc) is 3.15. The molecule has 0 bridgehead atoms. The molecule has 4 rings (SSSR count). The first-order chi connectivity index (χ1) is 16.9. The molecule has 1 amide bonds. The van der Waals surface area contributed by atoms with Gasteiger partial charge in [-0.25, -0.2) is 0 Å². The summed E-state index contributed by atoms with van der Waals surface area (Å²) in [6, 6.07) is 29.0. The van der Waals surface area contributed by atoms with Crippen molar-refractivity contribution in [3.63, 3.8) is 0 Å². The molecule has 6 heteroatoms. The van der Waals surface area contributed by atoms with Crippen LogP contribution in [0.3, 0.4) is 0 Å². The predicted molar refractivity (Wildman–Crippen MR) is 142 cm³/mol. The van der Waals surface area contributed by atoms with Gasteiger partial charge in [-0.2, -0.15) is 5.26 Å². The summed E-state index contributed by atoms with van der Waals surface area (Å²) in [6.45, 7) is 4.46. The second-order valence-electron chi connectivity index (χ2n) is 8.06. The number of hydrogen-bond acceptors (Lipinski definition) is 3. The number of nitrogens with zero attached hydrogens (tertiary/aromatic N) is 2. The number of aromatic nitrogens is 1. The minimum absolute atomic E-state index is 0.0470. The molecule has 1 heterocycles. The summed E-state index contributed by atoms with van der Waals surface area (Å²) in [6.07, 6.45) is 1.63. The number of carbonyl (C=O) groups is 1. The number of amides is 1. The minimum Gasteiger partial charge on any atom is -0.489 e. The smallest absolute Gasteiger partial charge is 0.266 e. The Labute approximate surface area is 213 Å². The number of carbonyl (C=O) groups excluding carboxylic acids is 1. The molecule has 1 aromatic heterocycles. The van der Waals surface area contributed by atoms with E-state index in [0.29, 0.717) is 12.3 Å². The molecule has 35 heavy (non-hydrogen) atoms. The Balaban J connectivity index is 1.51. The Morgan fingerprint density at radius 2 is 1.71 bits per heavy atom. The number of halogens is 1. The average molecular weight is 526 g/mol. The van der Waals surface area contributed by atoms with Crippen LogP contribution >= 0.6 is 15.9 Å². The first-order valence-electron chi connectivity index (χ1n) is 11.1. The maximum absolute atomic E-state index is 12.6. The molecule has 5 nitrogen and oxygen atoms in total. The van der Waals surface area contributed by atoms with Gasteiger partial charge in [0, 0.05) is 27.2 Å². The van der Waals surface area contributed by atoms with Gasteiger partial charge >= 0.3 is 0 Å². The Kier molecular flexibility index (Phi) is 7.49. The lowest BCUT2D eigenvalue weighted by molar-refractivity contribution is -0.112. The summed E-state index contributed by atoms with van der Waals surface area (Å²) in [7, 11) is 0. The first kappa shape index (κ1) is 24.1. The Morgan fingerprint density at radius 3 is 2.37 bits per heavy atom. The van der Waals surface area contributed by atoms with Crippen molar-refractivity contribution in [2.45, 2.75) is 20.5 Å². The standard InChI is InChI=1S/C29H24BrN3O2/c1-20-16-23(17-24(18-31)29(34)32-26-6-4-3-5-7-26)21(2)33(20)27-12-14-28(15-13-27)35-19-22-8-10-25(30)11-9-22/h3-17H,19H2,1-2H3,(H,32,34)/b24-17-. The lowest BCUT2D eigenvalue weighted by atomic mass is 10.1. The van der Waals surface area contributed by atoms with E-state index in [1.807, 2.05) is 92.7 Å². The monoisotopic (exact) mass is 525 g/mol. The van der Waals surface area contributed by atoms with Gasteiger partial charge in [0.25, 0.3) is 5.91 Å². The van der Waals surface area contributed by atoms with Gasteiger partial charge in [0.2, 0.25) is 0 Å². The summed E-state index contributed by atoms with van der Waals surface area (Å²) in [5.74, 6) is 0.347. The van der Waals surface area contributed by atoms with Crippen LogP contribution in [0, 0.1) is 25.2 Å². The lowest BCUT2D eigenvalue weighted by Gasteiger charge is -2.12. The third-order valence-electron chi connectivity index (χ3n) is 5.58. The van der Waals surface area contributed by atoms with Gasteiger partial charge in [-0.1, -0.05) is 46.3 Å². The van der Waals surface area contributed by atoms with Crippen molar-refractivity contribution >= 4 is 33.6 Å². The van der Waals surface area contributed by atoms with Crippen LogP contribution in [0.1, 0.15) is 22.5 Å². The Bertz CT molecular complexity index is 1400. The van der Waals surface area contributed by atoms with E-state index in [9.17, 15) is 10.1 Å². The number of anilines is 1. The van der Waals surface area contributed by atoms with E-state index in [1.165, 1.54) is 0 Å². The minimum atomic E-state index is -0.434. The van der Waals surface area contributed by atoms with E-state index >= 15 is 0 Å². The predicted octanol–water partition coefficient (Wildman–Crippen LogP) is 6.98. The van der Waals surface area contributed by atoms with Crippen LogP contribution in [-0.4, -0.2) is 10.5 Å². The molecule has 0 atom stereocenters. The SMILES string of the molecule is Cc1cc(/C=C(/C#N)C(=O)Nc2ccccc2)c(C)n1-c1ccc(OCc2ccc(Br)cc2)cc1.